The summed E-state index contributed by atoms with van der Waals surface area (Å²) < 4.78 is 26.4. The van der Waals surface area contributed by atoms with Gasteiger partial charge in [0.1, 0.15) is 5.82 Å². The maximum absolute atomic E-state index is 13.3. The molecule has 1 atom stereocenters. The van der Waals surface area contributed by atoms with Crippen molar-refractivity contribution < 1.29 is 18.7 Å². The Balaban J connectivity index is 1.52. The van der Waals surface area contributed by atoms with E-state index in [0.717, 1.165) is 25.0 Å². The monoisotopic (exact) mass is 406 g/mol. The number of hydrogen-bond donors (Lipinski definition) is 0. The van der Waals surface area contributed by atoms with Crippen LogP contribution in [0.5, 0.6) is 0 Å². The third-order valence-corrected chi connectivity index (χ3v) is 5.87. The first-order chi connectivity index (χ1) is 13.7. The van der Waals surface area contributed by atoms with Crippen LogP contribution in [-0.4, -0.2) is 70.3 Å². The lowest BCUT2D eigenvalue weighted by atomic mass is 10.2. The fourth-order valence-corrected chi connectivity index (χ4v) is 4.25. The van der Waals surface area contributed by atoms with Crippen LogP contribution in [0, 0.1) is 5.82 Å². The van der Waals surface area contributed by atoms with E-state index in [9.17, 15) is 9.18 Å². The first-order valence-electron chi connectivity index (χ1n) is 9.50. The van der Waals surface area contributed by atoms with E-state index in [-0.39, 0.29) is 17.8 Å². The second-order valence-electron chi connectivity index (χ2n) is 6.84. The molecular weight excluding hydrogens is 383 g/mol. The first-order valence-corrected chi connectivity index (χ1v) is 10.5. The van der Waals surface area contributed by atoms with Crippen LogP contribution in [0.15, 0.2) is 29.4 Å². The average molecular weight is 406 g/mol. The Morgan fingerprint density at radius 3 is 2.68 bits per heavy atom. The zero-order valence-corrected chi connectivity index (χ0v) is 16.4. The van der Waals surface area contributed by atoms with Crippen LogP contribution >= 0.6 is 11.8 Å². The minimum atomic E-state index is -0.292. The van der Waals surface area contributed by atoms with E-state index >= 15 is 0 Å². The van der Waals surface area contributed by atoms with Crippen molar-refractivity contribution in [1.29, 1.82) is 0 Å². The molecule has 1 aromatic heterocycles. The number of ether oxygens (including phenoxy) is 2. The van der Waals surface area contributed by atoms with E-state index in [4.69, 9.17) is 9.47 Å². The van der Waals surface area contributed by atoms with Crippen molar-refractivity contribution in [3.05, 3.63) is 30.1 Å². The lowest BCUT2D eigenvalue weighted by Crippen LogP contribution is -2.41. The van der Waals surface area contributed by atoms with Gasteiger partial charge in [0.15, 0.2) is 11.0 Å². The summed E-state index contributed by atoms with van der Waals surface area (Å²) in [6.45, 7) is 3.80. The Labute approximate surface area is 167 Å². The topological polar surface area (TPSA) is 69.5 Å². The van der Waals surface area contributed by atoms with Crippen LogP contribution in [0.25, 0.3) is 11.4 Å². The van der Waals surface area contributed by atoms with Crippen molar-refractivity contribution in [3.8, 4) is 11.4 Å². The van der Waals surface area contributed by atoms with Crippen molar-refractivity contribution in [2.75, 3.05) is 38.7 Å². The fraction of sp³-hybridized carbons (Fsp3) is 0.526. The number of nitrogens with zero attached hydrogens (tertiary/aromatic N) is 4. The molecule has 2 aliphatic rings. The summed E-state index contributed by atoms with van der Waals surface area (Å²) >= 11 is 1.38. The largest absolute Gasteiger partial charge is 0.378 e. The number of aromatic nitrogens is 3. The van der Waals surface area contributed by atoms with E-state index in [2.05, 4.69) is 10.2 Å². The molecule has 4 rings (SSSR count). The third kappa shape index (κ3) is 4.53. The maximum atomic E-state index is 13.3. The van der Waals surface area contributed by atoms with Gasteiger partial charge in [-0.25, -0.2) is 4.39 Å². The zero-order valence-electron chi connectivity index (χ0n) is 15.6. The van der Waals surface area contributed by atoms with Gasteiger partial charge in [-0.15, -0.1) is 10.2 Å². The summed E-state index contributed by atoms with van der Waals surface area (Å²) in [6.07, 6.45) is 2.12. The van der Waals surface area contributed by atoms with E-state index in [0.29, 0.717) is 49.6 Å². The highest BCUT2D eigenvalue weighted by Gasteiger charge is 2.23. The number of carbonyl (C=O) groups is 1. The van der Waals surface area contributed by atoms with Gasteiger partial charge in [-0.3, -0.25) is 9.36 Å². The van der Waals surface area contributed by atoms with Crippen molar-refractivity contribution in [2.45, 2.75) is 30.6 Å². The van der Waals surface area contributed by atoms with Crippen molar-refractivity contribution >= 4 is 17.7 Å². The number of carbonyl (C=O) groups excluding carboxylic acids is 1. The predicted molar refractivity (Wildman–Crippen MR) is 103 cm³/mol. The van der Waals surface area contributed by atoms with E-state index in [1.54, 1.807) is 12.1 Å². The molecule has 7 nitrogen and oxygen atoms in total. The molecule has 0 N–H and O–H groups in total. The van der Waals surface area contributed by atoms with Gasteiger partial charge < -0.3 is 14.4 Å². The van der Waals surface area contributed by atoms with E-state index < -0.39 is 0 Å². The molecule has 150 valence electrons. The number of benzene rings is 1. The van der Waals surface area contributed by atoms with Crippen molar-refractivity contribution in [1.82, 2.24) is 19.7 Å². The molecule has 3 heterocycles. The Morgan fingerprint density at radius 1 is 1.18 bits per heavy atom. The number of amides is 1. The maximum Gasteiger partial charge on any atom is 0.233 e. The molecule has 0 spiro atoms. The third-order valence-electron chi connectivity index (χ3n) is 4.92. The summed E-state index contributed by atoms with van der Waals surface area (Å²) in [6, 6.07) is 6.21. The highest BCUT2D eigenvalue weighted by atomic mass is 32.2. The van der Waals surface area contributed by atoms with Crippen LogP contribution in [0.4, 0.5) is 4.39 Å². The van der Waals surface area contributed by atoms with Crippen LogP contribution < -0.4 is 0 Å². The Kier molecular flexibility index (Phi) is 6.23. The minimum absolute atomic E-state index is 0.0725. The summed E-state index contributed by atoms with van der Waals surface area (Å²) in [5.74, 6) is 0.743. The van der Waals surface area contributed by atoms with Gasteiger partial charge in [-0.2, -0.15) is 0 Å². The molecule has 0 saturated carbocycles. The van der Waals surface area contributed by atoms with Crippen LogP contribution in [0.3, 0.4) is 0 Å². The Bertz CT molecular complexity index is 802. The van der Waals surface area contributed by atoms with Gasteiger partial charge in [0.2, 0.25) is 5.91 Å². The molecule has 2 fully saturated rings. The number of hydrogen-bond acceptors (Lipinski definition) is 6. The average Bonchev–Trinajstić information content (AvgIpc) is 3.38. The molecular formula is C19H23FN4O3S. The van der Waals surface area contributed by atoms with Crippen molar-refractivity contribution in [3.63, 3.8) is 0 Å². The quantitative estimate of drug-likeness (QED) is 0.685. The Morgan fingerprint density at radius 2 is 1.96 bits per heavy atom. The van der Waals surface area contributed by atoms with Gasteiger partial charge >= 0.3 is 0 Å². The molecule has 9 heteroatoms. The van der Waals surface area contributed by atoms with Gasteiger partial charge in [0, 0.05) is 25.3 Å². The van der Waals surface area contributed by atoms with Crippen LogP contribution in [0.1, 0.15) is 12.8 Å². The molecule has 0 aliphatic carbocycles. The summed E-state index contributed by atoms with van der Waals surface area (Å²) in [7, 11) is 0. The number of halogens is 1. The van der Waals surface area contributed by atoms with Gasteiger partial charge in [0.25, 0.3) is 0 Å². The zero-order chi connectivity index (χ0) is 19.3. The lowest BCUT2D eigenvalue weighted by molar-refractivity contribution is -0.132. The lowest BCUT2D eigenvalue weighted by Gasteiger charge is -2.26. The van der Waals surface area contributed by atoms with E-state index in [1.807, 2.05) is 9.47 Å². The van der Waals surface area contributed by atoms with E-state index in [1.165, 1.54) is 23.9 Å². The van der Waals surface area contributed by atoms with Gasteiger partial charge in [-0.1, -0.05) is 11.8 Å². The highest BCUT2D eigenvalue weighted by Crippen LogP contribution is 2.27. The molecule has 1 aromatic carbocycles. The SMILES string of the molecule is O=C(CSc1nnc(-c2ccc(F)cc2)n1C[C@H]1CCCO1)N1CCOCC1. The summed E-state index contributed by atoms with van der Waals surface area (Å²) in [5, 5.41) is 9.30. The van der Waals surface area contributed by atoms with Crippen LogP contribution in [-0.2, 0) is 20.8 Å². The number of rotatable bonds is 6. The van der Waals surface area contributed by atoms with Gasteiger partial charge in [-0.05, 0) is 37.1 Å². The molecule has 0 unspecified atom stereocenters. The smallest absolute Gasteiger partial charge is 0.233 e. The molecule has 0 radical (unpaired) electrons. The second-order valence-corrected chi connectivity index (χ2v) is 7.78. The normalized spacial score (nSPS) is 19.9. The fourth-order valence-electron chi connectivity index (χ4n) is 3.39. The standard InChI is InChI=1S/C19H23FN4O3S/c20-15-5-3-14(4-6-15)18-21-22-19(24(18)12-16-2-1-9-27-16)28-13-17(25)23-7-10-26-11-8-23/h3-6,16H,1-2,7-13H2/t16-/m1/s1. The Hall–Kier alpha value is -1.97. The predicted octanol–water partition coefficient (Wildman–Crippen LogP) is 2.21. The molecule has 2 aromatic rings. The summed E-state index contributed by atoms with van der Waals surface area (Å²) in [4.78, 5) is 14.3. The molecule has 28 heavy (non-hydrogen) atoms. The van der Waals surface area contributed by atoms with Crippen molar-refractivity contribution in [2.24, 2.45) is 0 Å². The number of morpholine rings is 1. The van der Waals surface area contributed by atoms with Crippen LogP contribution in [0.2, 0.25) is 0 Å². The second kappa shape index (κ2) is 9.02. The minimum Gasteiger partial charge on any atom is -0.378 e. The molecule has 0 bridgehead atoms. The first kappa shape index (κ1) is 19.4. The molecule has 1 amide bonds. The number of thioether (sulfide) groups is 1. The highest BCUT2D eigenvalue weighted by molar-refractivity contribution is 7.99. The van der Waals surface area contributed by atoms with Gasteiger partial charge in [0.05, 0.1) is 31.6 Å². The summed E-state index contributed by atoms with van der Waals surface area (Å²) in [5.41, 5.74) is 0.790. The molecule has 2 aliphatic heterocycles. The molecule has 2 saturated heterocycles.